The summed E-state index contributed by atoms with van der Waals surface area (Å²) in [7, 11) is -1.84. The van der Waals surface area contributed by atoms with Crippen LogP contribution in [0.15, 0.2) is 24.3 Å². The van der Waals surface area contributed by atoms with Gasteiger partial charge in [0.25, 0.3) is 5.91 Å². The quantitative estimate of drug-likeness (QED) is 0.795. The Balaban J connectivity index is 1.53. The lowest BCUT2D eigenvalue weighted by atomic mass is 10.1. The highest BCUT2D eigenvalue weighted by Crippen LogP contribution is 2.41. The highest BCUT2D eigenvalue weighted by molar-refractivity contribution is 7.92. The number of anilines is 1. The number of sulfonamides is 1. The fourth-order valence-electron chi connectivity index (χ4n) is 3.52. The van der Waals surface area contributed by atoms with Crippen LogP contribution in [0.5, 0.6) is 0 Å². The van der Waals surface area contributed by atoms with Crippen LogP contribution in [0.1, 0.15) is 53.7 Å². The third-order valence-electron chi connectivity index (χ3n) is 5.26. The Hall–Kier alpha value is -2.42. The van der Waals surface area contributed by atoms with E-state index in [0.717, 1.165) is 17.9 Å². The second-order valence-corrected chi connectivity index (χ2v) is 9.44. The van der Waals surface area contributed by atoms with E-state index < -0.39 is 10.0 Å². The lowest BCUT2D eigenvalue weighted by molar-refractivity contribution is 0.0679. The molecule has 2 aliphatic rings. The Morgan fingerprint density at radius 3 is 2.44 bits per heavy atom. The molecule has 2 heterocycles. The molecule has 0 radical (unpaired) electrons. The Labute approximate surface area is 158 Å². The molecule has 9 heteroatoms. The molecular formula is C18H23N5O3S. The zero-order valence-corrected chi connectivity index (χ0v) is 16.5. The van der Waals surface area contributed by atoms with Gasteiger partial charge in [-0.15, -0.1) is 10.2 Å². The summed E-state index contributed by atoms with van der Waals surface area (Å²) in [6, 6.07) is 6.77. The number of rotatable bonds is 4. The molecule has 1 aromatic carbocycles. The summed E-state index contributed by atoms with van der Waals surface area (Å²) in [5.74, 6) is 2.32. The van der Waals surface area contributed by atoms with Crippen LogP contribution in [0, 0.1) is 0 Å². The monoisotopic (exact) mass is 389 g/mol. The molecule has 0 unspecified atom stereocenters. The van der Waals surface area contributed by atoms with Gasteiger partial charge < -0.3 is 9.47 Å². The van der Waals surface area contributed by atoms with Crippen molar-refractivity contribution in [2.45, 2.75) is 38.3 Å². The fourth-order valence-corrected chi connectivity index (χ4v) is 4.03. The van der Waals surface area contributed by atoms with Crippen LogP contribution < -0.4 is 4.31 Å². The molecule has 0 spiro atoms. The van der Waals surface area contributed by atoms with E-state index in [1.54, 1.807) is 29.2 Å². The van der Waals surface area contributed by atoms with Gasteiger partial charge in [-0.25, -0.2) is 8.42 Å². The van der Waals surface area contributed by atoms with E-state index in [2.05, 4.69) is 21.7 Å². The third kappa shape index (κ3) is 3.31. The van der Waals surface area contributed by atoms with Gasteiger partial charge in [-0.2, -0.15) is 0 Å². The van der Waals surface area contributed by atoms with Crippen LogP contribution >= 0.6 is 0 Å². The van der Waals surface area contributed by atoms with E-state index in [4.69, 9.17) is 0 Å². The first kappa shape index (κ1) is 18.0. The summed E-state index contributed by atoms with van der Waals surface area (Å²) in [5.41, 5.74) is 1.05. The van der Waals surface area contributed by atoms with Crippen molar-refractivity contribution < 1.29 is 13.2 Å². The van der Waals surface area contributed by atoms with Gasteiger partial charge in [0, 0.05) is 25.1 Å². The largest absolute Gasteiger partial charge is 0.329 e. The number of amides is 1. The number of benzene rings is 1. The molecule has 4 rings (SSSR count). The molecule has 8 nitrogen and oxygen atoms in total. The van der Waals surface area contributed by atoms with E-state index in [0.29, 0.717) is 30.3 Å². The maximum absolute atomic E-state index is 12.9. The summed E-state index contributed by atoms with van der Waals surface area (Å²) in [4.78, 5) is 14.7. The van der Waals surface area contributed by atoms with Crippen molar-refractivity contribution in [1.82, 2.24) is 19.7 Å². The van der Waals surface area contributed by atoms with Gasteiger partial charge >= 0.3 is 0 Å². The van der Waals surface area contributed by atoms with Crippen LogP contribution in [0.4, 0.5) is 5.69 Å². The number of carbonyl (C=O) groups excluding carboxylic acids is 1. The van der Waals surface area contributed by atoms with Crippen molar-refractivity contribution in [1.29, 1.82) is 0 Å². The fraction of sp³-hybridized carbons (Fsp3) is 0.500. The van der Waals surface area contributed by atoms with Gasteiger partial charge in [0.05, 0.1) is 24.5 Å². The topological polar surface area (TPSA) is 88.4 Å². The maximum Gasteiger partial charge on any atom is 0.254 e. The SMILES string of the molecule is C[C@H]1CN(C(=O)c2ccc(N(C)S(C)(=O)=O)cc2)Cc2nnc(C3CC3)n21. The van der Waals surface area contributed by atoms with Crippen molar-refractivity contribution in [3.8, 4) is 0 Å². The Morgan fingerprint density at radius 1 is 1.19 bits per heavy atom. The minimum Gasteiger partial charge on any atom is -0.329 e. The Kier molecular flexibility index (Phi) is 4.21. The molecule has 1 amide bonds. The summed E-state index contributed by atoms with van der Waals surface area (Å²) >= 11 is 0. The number of hydrogen-bond donors (Lipinski definition) is 0. The zero-order chi connectivity index (χ0) is 19.3. The molecule has 1 saturated carbocycles. The van der Waals surface area contributed by atoms with Crippen LogP contribution in [0.3, 0.4) is 0 Å². The van der Waals surface area contributed by atoms with Crippen molar-refractivity contribution in [2.24, 2.45) is 0 Å². The first-order chi connectivity index (χ1) is 12.8. The summed E-state index contributed by atoms with van der Waals surface area (Å²) in [6.07, 6.45) is 3.48. The minimum absolute atomic E-state index is 0.0855. The molecule has 1 aliphatic carbocycles. The number of carbonyl (C=O) groups is 1. The highest BCUT2D eigenvalue weighted by atomic mass is 32.2. The molecule has 2 aromatic rings. The molecule has 1 aliphatic heterocycles. The van der Waals surface area contributed by atoms with Gasteiger partial charge in [-0.3, -0.25) is 9.10 Å². The molecule has 0 saturated heterocycles. The van der Waals surface area contributed by atoms with E-state index in [1.807, 2.05) is 0 Å². The molecule has 1 atom stereocenters. The summed E-state index contributed by atoms with van der Waals surface area (Å²) in [6.45, 7) is 3.13. The van der Waals surface area contributed by atoms with Gasteiger partial charge in [0.2, 0.25) is 10.0 Å². The zero-order valence-electron chi connectivity index (χ0n) is 15.7. The molecule has 27 heavy (non-hydrogen) atoms. The lowest BCUT2D eigenvalue weighted by Crippen LogP contribution is -2.40. The summed E-state index contributed by atoms with van der Waals surface area (Å²) < 4.78 is 26.7. The summed E-state index contributed by atoms with van der Waals surface area (Å²) in [5, 5.41) is 8.65. The normalized spacial score (nSPS) is 19.7. The van der Waals surface area contributed by atoms with Gasteiger partial charge in [-0.1, -0.05) is 0 Å². The first-order valence-corrected chi connectivity index (χ1v) is 10.9. The molecule has 0 bridgehead atoms. The average molecular weight is 389 g/mol. The van der Waals surface area contributed by atoms with Gasteiger partial charge in [0.1, 0.15) is 5.82 Å². The first-order valence-electron chi connectivity index (χ1n) is 9.02. The minimum atomic E-state index is -3.33. The third-order valence-corrected chi connectivity index (χ3v) is 6.46. The van der Waals surface area contributed by atoms with E-state index in [-0.39, 0.29) is 11.9 Å². The van der Waals surface area contributed by atoms with E-state index >= 15 is 0 Å². The van der Waals surface area contributed by atoms with Crippen LogP contribution in [0.2, 0.25) is 0 Å². The van der Waals surface area contributed by atoms with Crippen LogP contribution in [-0.4, -0.2) is 53.8 Å². The van der Waals surface area contributed by atoms with Crippen LogP contribution in [0.25, 0.3) is 0 Å². The van der Waals surface area contributed by atoms with Crippen molar-refractivity contribution in [2.75, 3.05) is 24.2 Å². The van der Waals surface area contributed by atoms with Crippen molar-refractivity contribution in [3.63, 3.8) is 0 Å². The van der Waals surface area contributed by atoms with E-state index in [1.165, 1.54) is 24.2 Å². The van der Waals surface area contributed by atoms with Crippen molar-refractivity contribution in [3.05, 3.63) is 41.5 Å². The predicted octanol–water partition coefficient (Wildman–Crippen LogP) is 1.77. The number of nitrogens with zero attached hydrogens (tertiary/aromatic N) is 5. The number of hydrogen-bond acceptors (Lipinski definition) is 5. The Morgan fingerprint density at radius 2 is 1.85 bits per heavy atom. The molecule has 144 valence electrons. The van der Waals surface area contributed by atoms with Crippen molar-refractivity contribution >= 4 is 21.6 Å². The maximum atomic E-state index is 12.9. The average Bonchev–Trinajstić information content (AvgIpc) is 3.39. The lowest BCUT2D eigenvalue weighted by Gasteiger charge is -2.32. The molecule has 0 N–H and O–H groups in total. The molecule has 1 aromatic heterocycles. The van der Waals surface area contributed by atoms with E-state index in [9.17, 15) is 13.2 Å². The van der Waals surface area contributed by atoms with Gasteiger partial charge in [0.15, 0.2) is 5.82 Å². The van der Waals surface area contributed by atoms with Gasteiger partial charge in [-0.05, 0) is 44.0 Å². The molecular weight excluding hydrogens is 366 g/mol. The second-order valence-electron chi connectivity index (χ2n) is 7.43. The highest BCUT2D eigenvalue weighted by Gasteiger charge is 2.35. The number of fused-ring (bicyclic) bond motifs is 1. The standard InChI is InChI=1S/C18H23N5O3S/c1-12-10-22(11-16-19-20-17(23(12)16)13-4-5-13)18(24)14-6-8-15(9-7-14)21(2)27(3,25)26/h6-9,12-13H,4-5,10-11H2,1-3H3/t12-/m0/s1. The predicted molar refractivity (Wildman–Crippen MR) is 101 cm³/mol. The smallest absolute Gasteiger partial charge is 0.254 e. The number of aromatic nitrogens is 3. The molecule has 1 fully saturated rings. The van der Waals surface area contributed by atoms with Crippen LogP contribution in [-0.2, 0) is 16.6 Å². The Bertz CT molecular complexity index is 979. The second kappa shape index (κ2) is 6.33.